The van der Waals surface area contributed by atoms with Crippen molar-refractivity contribution in [3.63, 3.8) is 0 Å². The van der Waals surface area contributed by atoms with Crippen LogP contribution in [0, 0.1) is 0 Å². The summed E-state index contributed by atoms with van der Waals surface area (Å²) < 4.78 is 11.2. The molecule has 1 aliphatic heterocycles. The Morgan fingerprint density at radius 2 is 1.92 bits per heavy atom. The van der Waals surface area contributed by atoms with Gasteiger partial charge in [-0.3, -0.25) is 4.79 Å². The summed E-state index contributed by atoms with van der Waals surface area (Å²) in [6, 6.07) is 18.8. The van der Waals surface area contributed by atoms with E-state index >= 15 is 0 Å². The lowest BCUT2D eigenvalue weighted by Gasteiger charge is -2.29. The summed E-state index contributed by atoms with van der Waals surface area (Å²) in [6.45, 7) is 2.82. The van der Waals surface area contributed by atoms with Crippen molar-refractivity contribution < 1.29 is 14.3 Å². The molecule has 134 valence electrons. The number of H-pyrrole nitrogens is 1. The first-order valence-electron chi connectivity index (χ1n) is 9.18. The molecule has 0 amide bonds. The highest BCUT2D eigenvalue weighted by Crippen LogP contribution is 2.41. The van der Waals surface area contributed by atoms with Crippen molar-refractivity contribution in [1.82, 2.24) is 4.98 Å². The molecule has 4 nitrogen and oxygen atoms in total. The summed E-state index contributed by atoms with van der Waals surface area (Å²) in [4.78, 5) is 15.5. The second-order valence-electron chi connectivity index (χ2n) is 6.72. The van der Waals surface area contributed by atoms with Crippen LogP contribution in [0.4, 0.5) is 0 Å². The maximum absolute atomic E-state index is 12.0. The van der Waals surface area contributed by atoms with Crippen molar-refractivity contribution in [2.24, 2.45) is 0 Å². The van der Waals surface area contributed by atoms with Gasteiger partial charge in [0.25, 0.3) is 0 Å². The second kappa shape index (κ2) is 7.34. The van der Waals surface area contributed by atoms with Gasteiger partial charge < -0.3 is 14.5 Å². The number of benzene rings is 2. The van der Waals surface area contributed by atoms with Crippen molar-refractivity contribution in [2.75, 3.05) is 13.2 Å². The minimum absolute atomic E-state index is 0.219. The third-order valence-electron chi connectivity index (χ3n) is 4.99. The van der Waals surface area contributed by atoms with Crippen LogP contribution in [-0.4, -0.2) is 24.2 Å². The fraction of sp³-hybridized carbons (Fsp3) is 0.318. The summed E-state index contributed by atoms with van der Waals surface area (Å²) in [7, 11) is 0. The standard InChI is InChI=1S/C22H23NO3/c1-2-25-20(24)13-19-22-21(17-10-6-7-11-18(17)23-22)16(14-26-19)12-15-8-4-3-5-9-15/h3-11,16,19,23H,2,12-14H2,1H3/t16-,19-/m0/s1. The molecule has 0 radical (unpaired) electrons. The largest absolute Gasteiger partial charge is 0.466 e. The molecular weight excluding hydrogens is 326 g/mol. The predicted molar refractivity (Wildman–Crippen MR) is 101 cm³/mol. The highest BCUT2D eigenvalue weighted by molar-refractivity contribution is 5.86. The molecule has 1 aliphatic rings. The molecule has 2 atom stereocenters. The Morgan fingerprint density at radius 1 is 1.15 bits per heavy atom. The van der Waals surface area contributed by atoms with Crippen LogP contribution < -0.4 is 0 Å². The molecule has 1 aromatic heterocycles. The second-order valence-corrected chi connectivity index (χ2v) is 6.72. The smallest absolute Gasteiger partial charge is 0.308 e. The van der Waals surface area contributed by atoms with Gasteiger partial charge in [0, 0.05) is 22.5 Å². The van der Waals surface area contributed by atoms with Gasteiger partial charge in [0.15, 0.2) is 0 Å². The Balaban J connectivity index is 1.70. The van der Waals surface area contributed by atoms with Gasteiger partial charge in [-0.15, -0.1) is 0 Å². The van der Waals surface area contributed by atoms with E-state index in [1.54, 1.807) is 0 Å². The van der Waals surface area contributed by atoms with E-state index in [0.717, 1.165) is 17.6 Å². The van der Waals surface area contributed by atoms with Crippen LogP contribution in [0.5, 0.6) is 0 Å². The van der Waals surface area contributed by atoms with Crippen LogP contribution in [0.15, 0.2) is 54.6 Å². The number of carbonyl (C=O) groups excluding carboxylic acids is 1. The first-order chi connectivity index (χ1) is 12.8. The number of ether oxygens (including phenoxy) is 2. The van der Waals surface area contributed by atoms with E-state index in [4.69, 9.17) is 9.47 Å². The van der Waals surface area contributed by atoms with Crippen LogP contribution >= 0.6 is 0 Å². The monoisotopic (exact) mass is 349 g/mol. The van der Waals surface area contributed by atoms with Crippen LogP contribution in [-0.2, 0) is 20.7 Å². The normalized spacial score (nSPS) is 19.3. The summed E-state index contributed by atoms with van der Waals surface area (Å²) >= 11 is 0. The van der Waals surface area contributed by atoms with Gasteiger partial charge in [0.1, 0.15) is 6.10 Å². The number of para-hydroxylation sites is 1. The Bertz CT molecular complexity index is 900. The molecule has 0 unspecified atom stereocenters. The van der Waals surface area contributed by atoms with Crippen molar-refractivity contribution in [3.8, 4) is 0 Å². The molecule has 4 heteroatoms. The van der Waals surface area contributed by atoms with Gasteiger partial charge in [-0.25, -0.2) is 0 Å². The Hall–Kier alpha value is -2.59. The lowest BCUT2D eigenvalue weighted by Crippen LogP contribution is -2.24. The van der Waals surface area contributed by atoms with Gasteiger partial charge in [0.2, 0.25) is 0 Å². The molecule has 1 N–H and O–H groups in total. The van der Waals surface area contributed by atoms with Gasteiger partial charge >= 0.3 is 5.97 Å². The zero-order valence-electron chi connectivity index (χ0n) is 14.9. The van der Waals surface area contributed by atoms with Crippen LogP contribution in [0.25, 0.3) is 10.9 Å². The Kier molecular flexibility index (Phi) is 4.76. The van der Waals surface area contributed by atoms with E-state index in [1.807, 2.05) is 19.1 Å². The number of rotatable bonds is 5. The SMILES string of the molecule is CCOC(=O)C[C@@H]1OC[C@H](Cc2ccccc2)c2c1[nH]c1ccccc21. The first-order valence-corrected chi connectivity index (χ1v) is 9.18. The molecule has 0 saturated carbocycles. The lowest BCUT2D eigenvalue weighted by atomic mass is 9.87. The number of fused-ring (bicyclic) bond motifs is 3. The van der Waals surface area contributed by atoms with E-state index in [2.05, 4.69) is 47.4 Å². The number of hydrogen-bond donors (Lipinski definition) is 1. The molecule has 0 aliphatic carbocycles. The predicted octanol–water partition coefficient (Wildman–Crippen LogP) is 4.52. The number of aromatic nitrogens is 1. The fourth-order valence-corrected chi connectivity index (χ4v) is 3.87. The van der Waals surface area contributed by atoms with Gasteiger partial charge in [-0.05, 0) is 30.5 Å². The zero-order chi connectivity index (χ0) is 17.9. The number of nitrogens with one attached hydrogen (secondary N) is 1. The van der Waals surface area contributed by atoms with E-state index in [0.29, 0.717) is 13.2 Å². The Morgan fingerprint density at radius 3 is 2.73 bits per heavy atom. The van der Waals surface area contributed by atoms with E-state index in [-0.39, 0.29) is 24.4 Å². The van der Waals surface area contributed by atoms with Gasteiger partial charge in [0.05, 0.1) is 19.6 Å². The lowest BCUT2D eigenvalue weighted by molar-refractivity contribution is -0.147. The van der Waals surface area contributed by atoms with E-state index < -0.39 is 0 Å². The molecular formula is C22H23NO3. The van der Waals surface area contributed by atoms with Crippen molar-refractivity contribution in [2.45, 2.75) is 31.8 Å². The maximum atomic E-state index is 12.0. The average molecular weight is 349 g/mol. The van der Waals surface area contributed by atoms with Crippen molar-refractivity contribution >= 4 is 16.9 Å². The number of esters is 1. The van der Waals surface area contributed by atoms with Crippen molar-refractivity contribution in [1.29, 1.82) is 0 Å². The van der Waals surface area contributed by atoms with Crippen molar-refractivity contribution in [3.05, 3.63) is 71.4 Å². The first kappa shape index (κ1) is 16.9. The summed E-state index contributed by atoms with van der Waals surface area (Å²) in [5, 5.41) is 1.22. The third kappa shape index (κ3) is 3.25. The molecule has 2 heterocycles. The molecule has 0 fully saturated rings. The highest BCUT2D eigenvalue weighted by Gasteiger charge is 2.33. The zero-order valence-corrected chi connectivity index (χ0v) is 14.9. The Labute approximate surface area is 153 Å². The molecule has 3 aromatic rings. The maximum Gasteiger partial charge on any atom is 0.308 e. The van der Waals surface area contributed by atoms with E-state index in [1.165, 1.54) is 16.5 Å². The summed E-state index contributed by atoms with van der Waals surface area (Å²) in [6.07, 6.45) is 0.886. The number of hydrogen-bond acceptors (Lipinski definition) is 3. The quantitative estimate of drug-likeness (QED) is 0.689. The molecule has 26 heavy (non-hydrogen) atoms. The molecule has 4 rings (SSSR count). The molecule has 0 spiro atoms. The van der Waals surface area contributed by atoms with E-state index in [9.17, 15) is 4.79 Å². The average Bonchev–Trinajstić information content (AvgIpc) is 3.05. The molecule has 2 aromatic carbocycles. The number of carbonyl (C=O) groups is 1. The van der Waals surface area contributed by atoms with Gasteiger partial charge in [-0.2, -0.15) is 0 Å². The van der Waals surface area contributed by atoms with Gasteiger partial charge in [-0.1, -0.05) is 48.5 Å². The topological polar surface area (TPSA) is 51.3 Å². The number of aromatic amines is 1. The summed E-state index contributed by atoms with van der Waals surface area (Å²) in [5.74, 6) is 0.0469. The highest BCUT2D eigenvalue weighted by atomic mass is 16.5. The van der Waals surface area contributed by atoms with Crippen LogP contribution in [0.2, 0.25) is 0 Å². The minimum atomic E-state index is -0.275. The van der Waals surface area contributed by atoms with Crippen LogP contribution in [0.3, 0.4) is 0 Å². The van der Waals surface area contributed by atoms with Crippen LogP contribution in [0.1, 0.15) is 42.2 Å². The molecule has 0 saturated heterocycles. The molecule has 0 bridgehead atoms. The minimum Gasteiger partial charge on any atom is -0.466 e. The summed E-state index contributed by atoms with van der Waals surface area (Å²) in [5.41, 5.74) is 4.69. The third-order valence-corrected chi connectivity index (χ3v) is 4.99. The fourth-order valence-electron chi connectivity index (χ4n) is 3.87.